The topological polar surface area (TPSA) is 131 Å². The minimum atomic E-state index is -3.97. The number of fused-ring (bicyclic) bond motifs is 1. The maximum atomic E-state index is 13.6. The minimum absolute atomic E-state index is 0.0236. The summed E-state index contributed by atoms with van der Waals surface area (Å²) in [6, 6.07) is 12.5. The lowest BCUT2D eigenvalue weighted by Gasteiger charge is -2.36. The summed E-state index contributed by atoms with van der Waals surface area (Å²) in [4.78, 5) is 36.2. The van der Waals surface area contributed by atoms with Crippen LogP contribution < -0.4 is 10.6 Å². The highest BCUT2D eigenvalue weighted by molar-refractivity contribution is 7.89. The van der Waals surface area contributed by atoms with Gasteiger partial charge >= 0.3 is 5.97 Å². The van der Waals surface area contributed by atoms with E-state index in [-0.39, 0.29) is 29.9 Å². The third kappa shape index (κ3) is 6.73. The van der Waals surface area contributed by atoms with Crippen molar-refractivity contribution in [3.8, 4) is 0 Å². The fourth-order valence-electron chi connectivity index (χ4n) is 4.62. The Bertz CT molecular complexity index is 1240. The predicted molar refractivity (Wildman–Crippen MR) is 135 cm³/mol. The Morgan fingerprint density at radius 1 is 1.11 bits per heavy atom. The molecule has 37 heavy (non-hydrogen) atoms. The highest BCUT2D eigenvalue weighted by Gasteiger charge is 2.38. The summed E-state index contributed by atoms with van der Waals surface area (Å²) in [7, 11) is -3.97. The first-order valence-corrected chi connectivity index (χ1v) is 13.7. The molecule has 2 N–H and O–H groups in total. The Hall–Kier alpha value is -3.28. The van der Waals surface area contributed by atoms with E-state index in [0.717, 1.165) is 24.0 Å². The number of benzene rings is 2. The third-order valence-electron chi connectivity index (χ3n) is 6.42. The molecule has 0 saturated carbocycles. The maximum absolute atomic E-state index is 13.6. The van der Waals surface area contributed by atoms with Crippen LogP contribution in [0.4, 0.5) is 5.69 Å². The normalized spacial score (nSPS) is 19.6. The number of nitrogens with zero attached hydrogens (tertiary/aromatic N) is 1. The van der Waals surface area contributed by atoms with E-state index in [4.69, 9.17) is 9.47 Å². The summed E-state index contributed by atoms with van der Waals surface area (Å²) in [6.07, 6.45) is 2.07. The van der Waals surface area contributed by atoms with Gasteiger partial charge in [-0.3, -0.25) is 14.4 Å². The summed E-state index contributed by atoms with van der Waals surface area (Å²) >= 11 is 0. The van der Waals surface area contributed by atoms with Crippen LogP contribution >= 0.6 is 0 Å². The van der Waals surface area contributed by atoms with Crippen LogP contribution in [0.5, 0.6) is 0 Å². The molecule has 2 aromatic carbocycles. The number of esters is 1. The lowest BCUT2D eigenvalue weighted by atomic mass is 9.92. The first kappa shape index (κ1) is 26.8. The quantitative estimate of drug-likeness (QED) is 0.476. The first-order valence-electron chi connectivity index (χ1n) is 12.3. The van der Waals surface area contributed by atoms with Gasteiger partial charge in [0.05, 0.1) is 23.5 Å². The number of carbonyl (C=O) groups is 3. The summed E-state index contributed by atoms with van der Waals surface area (Å²) in [5.41, 5.74) is 2.17. The molecular formula is C26H31N3O7S. The molecule has 1 saturated heterocycles. The highest BCUT2D eigenvalue weighted by atomic mass is 32.2. The Labute approximate surface area is 216 Å². The fourth-order valence-corrected chi connectivity index (χ4v) is 6.23. The number of rotatable bonds is 9. The summed E-state index contributed by atoms with van der Waals surface area (Å²) in [6.45, 7) is 2.15. The zero-order valence-corrected chi connectivity index (χ0v) is 21.5. The van der Waals surface area contributed by atoms with E-state index in [1.165, 1.54) is 35.5 Å². The number of anilines is 1. The van der Waals surface area contributed by atoms with E-state index in [1.807, 2.05) is 18.2 Å². The minimum Gasteiger partial charge on any atom is -0.456 e. The van der Waals surface area contributed by atoms with Crippen LogP contribution in [0.25, 0.3) is 0 Å². The molecule has 0 radical (unpaired) electrons. The second-order valence-electron chi connectivity index (χ2n) is 9.09. The van der Waals surface area contributed by atoms with Crippen molar-refractivity contribution in [3.05, 3.63) is 59.7 Å². The van der Waals surface area contributed by atoms with Gasteiger partial charge in [-0.15, -0.1) is 0 Å². The molecule has 2 aliphatic heterocycles. The van der Waals surface area contributed by atoms with Crippen LogP contribution in [0.2, 0.25) is 0 Å². The Kier molecular flexibility index (Phi) is 8.57. The summed E-state index contributed by atoms with van der Waals surface area (Å²) in [5, 5.41) is 5.31. The van der Waals surface area contributed by atoms with Gasteiger partial charge in [0.2, 0.25) is 15.9 Å². The molecule has 4 rings (SSSR count). The molecule has 2 heterocycles. The van der Waals surface area contributed by atoms with Crippen molar-refractivity contribution in [1.82, 2.24) is 9.62 Å². The van der Waals surface area contributed by atoms with Crippen LogP contribution in [0.1, 0.15) is 43.4 Å². The van der Waals surface area contributed by atoms with E-state index in [1.54, 1.807) is 6.07 Å². The van der Waals surface area contributed by atoms with E-state index < -0.39 is 34.5 Å². The lowest BCUT2D eigenvalue weighted by Crippen LogP contribution is -2.41. The molecular weight excluding hydrogens is 498 g/mol. The van der Waals surface area contributed by atoms with E-state index in [9.17, 15) is 22.8 Å². The van der Waals surface area contributed by atoms with E-state index in [0.29, 0.717) is 25.3 Å². The Morgan fingerprint density at radius 2 is 1.86 bits per heavy atom. The van der Waals surface area contributed by atoms with Gasteiger partial charge in [-0.25, -0.2) is 8.42 Å². The average molecular weight is 530 g/mol. The van der Waals surface area contributed by atoms with Crippen molar-refractivity contribution in [2.75, 3.05) is 31.6 Å². The van der Waals surface area contributed by atoms with Gasteiger partial charge in [-0.2, -0.15) is 4.31 Å². The average Bonchev–Trinajstić information content (AvgIpc) is 3.40. The van der Waals surface area contributed by atoms with Crippen molar-refractivity contribution in [3.63, 3.8) is 0 Å². The van der Waals surface area contributed by atoms with E-state index in [2.05, 4.69) is 10.6 Å². The molecule has 2 aliphatic rings. The number of amides is 2. The molecule has 2 atom stereocenters. The van der Waals surface area contributed by atoms with Crippen molar-refractivity contribution in [2.45, 2.75) is 49.6 Å². The number of carbonyl (C=O) groups excluding carboxylic acids is 3. The molecule has 2 unspecified atom stereocenters. The van der Waals surface area contributed by atoms with Crippen LogP contribution in [0.3, 0.4) is 0 Å². The van der Waals surface area contributed by atoms with E-state index >= 15 is 0 Å². The number of sulfonamides is 1. The number of hydrogen-bond donors (Lipinski definition) is 2. The second kappa shape index (κ2) is 11.8. The molecule has 2 aromatic rings. The molecule has 11 heteroatoms. The van der Waals surface area contributed by atoms with Crippen LogP contribution in [-0.4, -0.2) is 62.9 Å². The van der Waals surface area contributed by atoms with Crippen molar-refractivity contribution >= 4 is 33.5 Å². The molecule has 1 fully saturated rings. The second-order valence-corrected chi connectivity index (χ2v) is 11.0. The maximum Gasteiger partial charge on any atom is 0.308 e. The Morgan fingerprint density at radius 3 is 2.57 bits per heavy atom. The van der Waals surface area contributed by atoms with Gasteiger partial charge in [0, 0.05) is 32.3 Å². The number of hydrogen-bond acceptors (Lipinski definition) is 7. The standard InChI is InChI=1S/C26H31N3O7S/c1-18(30)28-20-8-10-22(11-9-20)37(33,34)29-13-12-19-5-2-3-7-23(19)24(29)15-26(32)36-17-25(31)27-16-21-6-4-14-35-21/h2-3,5,7-11,21,24H,4,6,12-17H2,1H3,(H,27,31)(H,28,30). The highest BCUT2D eigenvalue weighted by Crippen LogP contribution is 2.36. The number of nitrogens with one attached hydrogen (secondary N) is 2. The molecule has 0 aromatic heterocycles. The van der Waals surface area contributed by atoms with Gasteiger partial charge < -0.3 is 20.1 Å². The summed E-state index contributed by atoms with van der Waals surface area (Å²) in [5.74, 6) is -1.37. The molecule has 10 nitrogen and oxygen atoms in total. The van der Waals surface area contributed by atoms with Gasteiger partial charge in [0.1, 0.15) is 0 Å². The van der Waals surface area contributed by atoms with Gasteiger partial charge in [0.15, 0.2) is 6.61 Å². The van der Waals surface area contributed by atoms with Gasteiger partial charge in [-0.1, -0.05) is 24.3 Å². The fraction of sp³-hybridized carbons (Fsp3) is 0.423. The van der Waals surface area contributed by atoms with Crippen LogP contribution in [0, 0.1) is 0 Å². The zero-order chi connectivity index (χ0) is 26.4. The lowest BCUT2D eigenvalue weighted by molar-refractivity contribution is -0.149. The van der Waals surface area contributed by atoms with Gasteiger partial charge in [0.25, 0.3) is 5.91 Å². The number of ether oxygens (including phenoxy) is 2. The van der Waals surface area contributed by atoms with Crippen LogP contribution in [-0.2, 0) is 40.3 Å². The van der Waals surface area contributed by atoms with Crippen molar-refractivity contribution < 1.29 is 32.3 Å². The molecule has 0 bridgehead atoms. The smallest absolute Gasteiger partial charge is 0.308 e. The molecule has 0 spiro atoms. The zero-order valence-electron chi connectivity index (χ0n) is 20.6. The van der Waals surface area contributed by atoms with Crippen molar-refractivity contribution in [2.24, 2.45) is 0 Å². The van der Waals surface area contributed by atoms with Gasteiger partial charge in [-0.05, 0) is 54.7 Å². The predicted octanol–water partition coefficient (Wildman–Crippen LogP) is 2.16. The molecule has 0 aliphatic carbocycles. The Balaban J connectivity index is 1.46. The monoisotopic (exact) mass is 529 g/mol. The largest absolute Gasteiger partial charge is 0.456 e. The molecule has 198 valence electrons. The summed E-state index contributed by atoms with van der Waals surface area (Å²) < 4.78 is 39.2. The third-order valence-corrected chi connectivity index (χ3v) is 8.34. The SMILES string of the molecule is CC(=O)Nc1ccc(S(=O)(=O)N2CCc3ccccc3C2CC(=O)OCC(=O)NCC2CCCO2)cc1. The first-order chi connectivity index (χ1) is 17.7. The molecule has 2 amide bonds. The van der Waals surface area contributed by atoms with Crippen LogP contribution in [0.15, 0.2) is 53.4 Å². The van der Waals surface area contributed by atoms with Crippen molar-refractivity contribution in [1.29, 1.82) is 0 Å².